The third-order valence-electron chi connectivity index (χ3n) is 3.85. The van der Waals surface area contributed by atoms with Crippen molar-refractivity contribution in [2.75, 3.05) is 26.7 Å². The summed E-state index contributed by atoms with van der Waals surface area (Å²) in [5.41, 5.74) is 1.78. The van der Waals surface area contributed by atoms with Crippen molar-refractivity contribution in [1.29, 1.82) is 0 Å². The summed E-state index contributed by atoms with van der Waals surface area (Å²) >= 11 is 0. The summed E-state index contributed by atoms with van der Waals surface area (Å²) < 4.78 is 5.10. The highest BCUT2D eigenvalue weighted by Crippen LogP contribution is 2.05. The lowest BCUT2D eigenvalue weighted by Crippen LogP contribution is -2.38. The van der Waals surface area contributed by atoms with E-state index in [1.54, 1.807) is 7.05 Å². The van der Waals surface area contributed by atoms with Crippen LogP contribution >= 0.6 is 0 Å². The van der Waals surface area contributed by atoms with E-state index >= 15 is 0 Å². The summed E-state index contributed by atoms with van der Waals surface area (Å²) in [4.78, 5) is 20.5. The van der Waals surface area contributed by atoms with Gasteiger partial charge in [0, 0.05) is 38.7 Å². The summed E-state index contributed by atoms with van der Waals surface area (Å²) in [6, 6.07) is 7.64. The third kappa shape index (κ3) is 7.08. The van der Waals surface area contributed by atoms with Gasteiger partial charge in [0.2, 0.25) is 5.89 Å². The minimum Gasteiger partial charge on any atom is -0.357 e. The Labute approximate surface area is 159 Å². The van der Waals surface area contributed by atoms with E-state index in [2.05, 4.69) is 31.1 Å². The topological polar surface area (TPSA) is 104 Å². The highest BCUT2D eigenvalue weighted by atomic mass is 16.5. The van der Waals surface area contributed by atoms with Gasteiger partial charge in [-0.15, -0.1) is 0 Å². The Hall–Kier alpha value is -2.90. The molecule has 0 fully saturated rings. The van der Waals surface area contributed by atoms with Crippen molar-refractivity contribution in [3.63, 3.8) is 0 Å². The molecule has 0 aliphatic carbocycles. The van der Waals surface area contributed by atoms with Crippen molar-refractivity contribution < 1.29 is 9.32 Å². The first-order valence-corrected chi connectivity index (χ1v) is 9.24. The Kier molecular flexibility index (Phi) is 8.28. The number of aromatic nitrogens is 2. The van der Waals surface area contributed by atoms with Gasteiger partial charge in [0.05, 0.1) is 0 Å². The lowest BCUT2D eigenvalue weighted by atomic mass is 10.1. The fourth-order valence-corrected chi connectivity index (χ4v) is 2.54. The number of benzene rings is 1. The van der Waals surface area contributed by atoms with Crippen LogP contribution in [0.15, 0.2) is 33.8 Å². The van der Waals surface area contributed by atoms with Crippen molar-refractivity contribution in [1.82, 2.24) is 26.1 Å². The Morgan fingerprint density at radius 3 is 2.81 bits per heavy atom. The van der Waals surface area contributed by atoms with E-state index in [0.717, 1.165) is 43.9 Å². The molecule has 2 rings (SSSR count). The fourth-order valence-electron chi connectivity index (χ4n) is 2.54. The third-order valence-corrected chi connectivity index (χ3v) is 3.85. The van der Waals surface area contributed by atoms with Gasteiger partial charge in [-0.05, 0) is 44.4 Å². The van der Waals surface area contributed by atoms with Crippen molar-refractivity contribution in [3.8, 4) is 0 Å². The number of hydrogen-bond donors (Lipinski definition) is 3. The molecule has 0 aliphatic rings. The number of aryl methyl sites for hydroxylation is 2. The molecule has 2 aromatic rings. The number of nitrogens with zero attached hydrogens (tertiary/aromatic N) is 3. The largest absolute Gasteiger partial charge is 0.357 e. The van der Waals surface area contributed by atoms with Crippen LogP contribution in [0.3, 0.4) is 0 Å². The second-order valence-corrected chi connectivity index (χ2v) is 6.06. The van der Waals surface area contributed by atoms with Crippen LogP contribution in [0, 0.1) is 6.92 Å². The number of carbonyl (C=O) groups excluding carboxylic acids is 1. The smallest absolute Gasteiger partial charge is 0.251 e. The van der Waals surface area contributed by atoms with Gasteiger partial charge in [0.1, 0.15) is 0 Å². The van der Waals surface area contributed by atoms with E-state index in [-0.39, 0.29) is 5.91 Å². The molecule has 1 aromatic heterocycles. The lowest BCUT2D eigenvalue weighted by Gasteiger charge is -2.11. The van der Waals surface area contributed by atoms with Crippen molar-refractivity contribution in [3.05, 3.63) is 47.1 Å². The minimum absolute atomic E-state index is 0.0730. The molecule has 0 radical (unpaired) electrons. The van der Waals surface area contributed by atoms with Crippen LogP contribution in [0.2, 0.25) is 0 Å². The second kappa shape index (κ2) is 10.9. The molecule has 0 saturated heterocycles. The van der Waals surface area contributed by atoms with Crippen LogP contribution in [0.1, 0.15) is 41.0 Å². The van der Waals surface area contributed by atoms with E-state index in [9.17, 15) is 4.79 Å². The first-order chi connectivity index (χ1) is 13.1. The second-order valence-electron chi connectivity index (χ2n) is 6.06. The van der Waals surface area contributed by atoms with Gasteiger partial charge in [0.25, 0.3) is 5.91 Å². The van der Waals surface area contributed by atoms with Gasteiger partial charge < -0.3 is 20.5 Å². The van der Waals surface area contributed by atoms with Gasteiger partial charge in [-0.2, -0.15) is 4.98 Å². The molecule has 0 spiro atoms. The number of amides is 1. The van der Waals surface area contributed by atoms with E-state index in [0.29, 0.717) is 23.8 Å². The highest BCUT2D eigenvalue weighted by molar-refractivity contribution is 5.94. The zero-order valence-electron chi connectivity index (χ0n) is 16.2. The van der Waals surface area contributed by atoms with Crippen LogP contribution in [0.4, 0.5) is 0 Å². The summed E-state index contributed by atoms with van der Waals surface area (Å²) in [5.74, 6) is 2.01. The van der Waals surface area contributed by atoms with E-state index in [1.807, 2.05) is 38.1 Å². The molecule has 0 bridgehead atoms. The number of guanidine groups is 1. The fraction of sp³-hybridized carbons (Fsp3) is 0.474. The Morgan fingerprint density at radius 2 is 2.11 bits per heavy atom. The van der Waals surface area contributed by atoms with Crippen molar-refractivity contribution >= 4 is 11.9 Å². The predicted octanol–water partition coefficient (Wildman–Crippen LogP) is 1.47. The monoisotopic (exact) mass is 372 g/mol. The molecule has 0 atom stereocenters. The normalized spacial score (nSPS) is 11.3. The van der Waals surface area contributed by atoms with Crippen molar-refractivity contribution in [2.24, 2.45) is 4.99 Å². The summed E-state index contributed by atoms with van der Waals surface area (Å²) in [6.07, 6.45) is 2.36. The SMILES string of the molecule is CCNC(=NCCCc1nc(C)no1)NCCc1cccc(C(=O)NC)c1. The zero-order chi connectivity index (χ0) is 19.5. The number of nitrogens with one attached hydrogen (secondary N) is 3. The Balaban J connectivity index is 1.78. The average molecular weight is 372 g/mol. The molecular weight excluding hydrogens is 344 g/mol. The molecule has 0 unspecified atom stereocenters. The number of carbonyl (C=O) groups is 1. The van der Waals surface area contributed by atoms with Crippen LogP contribution in [0.5, 0.6) is 0 Å². The predicted molar refractivity (Wildman–Crippen MR) is 105 cm³/mol. The van der Waals surface area contributed by atoms with Crippen LogP contribution < -0.4 is 16.0 Å². The van der Waals surface area contributed by atoms with Crippen LogP contribution in [-0.2, 0) is 12.8 Å². The maximum absolute atomic E-state index is 11.7. The zero-order valence-corrected chi connectivity index (χ0v) is 16.2. The molecule has 8 nitrogen and oxygen atoms in total. The maximum atomic E-state index is 11.7. The molecule has 1 amide bonds. The van der Waals surface area contributed by atoms with E-state index < -0.39 is 0 Å². The van der Waals surface area contributed by atoms with E-state index in [1.165, 1.54) is 0 Å². The first kappa shape index (κ1) is 20.4. The van der Waals surface area contributed by atoms with Gasteiger partial charge in [-0.3, -0.25) is 9.79 Å². The summed E-state index contributed by atoms with van der Waals surface area (Å²) in [5, 5.41) is 13.0. The molecule has 1 aromatic carbocycles. The van der Waals surface area contributed by atoms with E-state index in [4.69, 9.17) is 4.52 Å². The Bertz CT molecular complexity index is 756. The molecule has 1 heterocycles. The van der Waals surface area contributed by atoms with Gasteiger partial charge in [-0.1, -0.05) is 17.3 Å². The first-order valence-electron chi connectivity index (χ1n) is 9.24. The number of hydrogen-bond acceptors (Lipinski definition) is 5. The molecular formula is C19H28N6O2. The lowest BCUT2D eigenvalue weighted by molar-refractivity contribution is 0.0963. The molecule has 8 heteroatoms. The van der Waals surface area contributed by atoms with Crippen LogP contribution in [-0.4, -0.2) is 48.7 Å². The quantitative estimate of drug-likeness (QED) is 0.350. The van der Waals surface area contributed by atoms with Gasteiger partial charge >= 0.3 is 0 Å². The minimum atomic E-state index is -0.0730. The molecule has 0 aliphatic heterocycles. The molecule has 27 heavy (non-hydrogen) atoms. The molecule has 3 N–H and O–H groups in total. The van der Waals surface area contributed by atoms with Crippen LogP contribution in [0.25, 0.3) is 0 Å². The molecule has 146 valence electrons. The van der Waals surface area contributed by atoms with Crippen molar-refractivity contribution in [2.45, 2.75) is 33.1 Å². The number of aliphatic imine (C=N–C) groups is 1. The summed E-state index contributed by atoms with van der Waals surface area (Å²) in [6.45, 7) is 6.03. The standard InChI is InChI=1S/C19H28N6O2/c1-4-21-19(22-11-6-9-17-24-14(2)25-27-17)23-12-10-15-7-5-8-16(13-15)18(26)20-3/h5,7-8,13H,4,6,9-12H2,1-3H3,(H,20,26)(H2,21,22,23). The maximum Gasteiger partial charge on any atom is 0.251 e. The van der Waals surface area contributed by atoms with Gasteiger partial charge in [-0.25, -0.2) is 0 Å². The number of rotatable bonds is 9. The summed E-state index contributed by atoms with van der Waals surface area (Å²) in [7, 11) is 1.63. The van der Waals surface area contributed by atoms with Gasteiger partial charge in [0.15, 0.2) is 11.8 Å². The molecule has 0 saturated carbocycles. The highest BCUT2D eigenvalue weighted by Gasteiger charge is 2.05. The Morgan fingerprint density at radius 1 is 1.26 bits per heavy atom. The average Bonchev–Trinajstić information content (AvgIpc) is 3.10.